The van der Waals surface area contributed by atoms with Crippen LogP contribution in [-0.4, -0.2) is 62.2 Å². The van der Waals surface area contributed by atoms with E-state index in [-0.39, 0.29) is 28.0 Å². The average Bonchev–Trinajstić information content (AvgIpc) is 2.72. The monoisotopic (exact) mass is 414 g/mol. The number of hydrogen-bond acceptors (Lipinski definition) is 9. The molecule has 0 saturated heterocycles. The van der Waals surface area contributed by atoms with Crippen molar-refractivity contribution in [2.75, 3.05) is 13.7 Å². The molecular formula is C21H18O9. The third-order valence-electron chi connectivity index (χ3n) is 5.76. The zero-order chi connectivity index (χ0) is 22.0. The van der Waals surface area contributed by atoms with Crippen molar-refractivity contribution in [1.29, 1.82) is 0 Å². The Kier molecular flexibility index (Phi) is 4.42. The molecule has 156 valence electrons. The van der Waals surface area contributed by atoms with Gasteiger partial charge >= 0.3 is 0 Å². The van der Waals surface area contributed by atoms with E-state index in [1.165, 1.54) is 25.3 Å². The first kappa shape index (κ1) is 20.0. The second-order valence-electron chi connectivity index (χ2n) is 7.39. The first-order valence-electron chi connectivity index (χ1n) is 9.08. The Bertz CT molecular complexity index is 1130. The van der Waals surface area contributed by atoms with E-state index in [4.69, 9.17) is 9.84 Å². The molecule has 2 aliphatic carbocycles. The Balaban J connectivity index is 2.01. The molecule has 2 aliphatic rings. The van der Waals surface area contributed by atoms with Crippen LogP contribution in [0.5, 0.6) is 17.2 Å². The summed E-state index contributed by atoms with van der Waals surface area (Å²) in [5, 5.41) is 51.9. The highest BCUT2D eigenvalue weighted by Gasteiger charge is 2.48. The number of benzene rings is 2. The number of phenols is 2. The van der Waals surface area contributed by atoms with Gasteiger partial charge in [0.05, 0.1) is 29.9 Å². The number of carbonyl (C=O) groups is 3. The highest BCUT2D eigenvalue weighted by molar-refractivity contribution is 6.31. The number of ketones is 3. The van der Waals surface area contributed by atoms with E-state index >= 15 is 0 Å². The third kappa shape index (κ3) is 2.49. The van der Waals surface area contributed by atoms with Crippen molar-refractivity contribution >= 4 is 17.3 Å². The largest absolute Gasteiger partial charge is 0.507 e. The summed E-state index contributed by atoms with van der Waals surface area (Å²) in [6, 6.07) is 4.34. The van der Waals surface area contributed by atoms with Crippen molar-refractivity contribution in [3.8, 4) is 17.2 Å². The maximum absolute atomic E-state index is 13.2. The van der Waals surface area contributed by atoms with Gasteiger partial charge in [0.25, 0.3) is 0 Å². The van der Waals surface area contributed by atoms with Crippen molar-refractivity contribution < 1.29 is 44.7 Å². The van der Waals surface area contributed by atoms with Crippen molar-refractivity contribution in [1.82, 2.24) is 0 Å². The van der Waals surface area contributed by atoms with Gasteiger partial charge in [-0.1, -0.05) is 12.1 Å². The Morgan fingerprint density at radius 3 is 2.43 bits per heavy atom. The fraction of sp³-hybridized carbons (Fsp3) is 0.286. The lowest BCUT2D eigenvalue weighted by Gasteiger charge is -2.36. The van der Waals surface area contributed by atoms with Gasteiger partial charge in [0.15, 0.2) is 11.6 Å². The predicted molar refractivity (Wildman–Crippen MR) is 100.0 cm³/mol. The van der Waals surface area contributed by atoms with Crippen LogP contribution in [0.15, 0.2) is 18.2 Å². The minimum atomic E-state index is -2.21. The van der Waals surface area contributed by atoms with E-state index < -0.39 is 71.1 Å². The number of rotatable bonds is 3. The number of aliphatic hydroxyl groups excluding tert-OH is 2. The molecule has 4 rings (SSSR count). The van der Waals surface area contributed by atoms with Crippen LogP contribution in [0.2, 0.25) is 0 Å². The van der Waals surface area contributed by atoms with E-state index in [2.05, 4.69) is 0 Å². The standard InChI is InChI=1S/C21H18O9/c1-30-11-4-2-3-8-14(11)20(28)16-15(17(8)25)18(26)9-5-21(29,12(24)7-22)6-10(23)13(9)19(16)27/h2-4,10,22-23,26-27,29H,5-7H2,1H3/t10-,21-/m1/s1. The predicted octanol–water partition coefficient (Wildman–Crippen LogP) is 0.154. The molecule has 0 bridgehead atoms. The van der Waals surface area contributed by atoms with Gasteiger partial charge < -0.3 is 30.3 Å². The Morgan fingerprint density at radius 1 is 1.13 bits per heavy atom. The maximum atomic E-state index is 13.2. The highest BCUT2D eigenvalue weighted by atomic mass is 16.5. The van der Waals surface area contributed by atoms with Crippen LogP contribution in [0, 0.1) is 0 Å². The second kappa shape index (κ2) is 6.63. The number of Topliss-reactive ketones (excluding diaryl/α,β-unsaturated/α-hetero) is 1. The molecule has 0 spiro atoms. The van der Waals surface area contributed by atoms with Gasteiger partial charge in [-0.25, -0.2) is 0 Å². The minimum absolute atomic E-state index is 0.0421. The van der Waals surface area contributed by atoms with E-state index in [1.54, 1.807) is 0 Å². The van der Waals surface area contributed by atoms with Crippen LogP contribution in [0.1, 0.15) is 55.5 Å². The zero-order valence-electron chi connectivity index (χ0n) is 15.8. The summed E-state index contributed by atoms with van der Waals surface area (Å²) < 4.78 is 5.16. The molecule has 9 nitrogen and oxygen atoms in total. The summed E-state index contributed by atoms with van der Waals surface area (Å²) in [6.45, 7) is -0.999. The highest BCUT2D eigenvalue weighted by Crippen LogP contribution is 2.50. The van der Waals surface area contributed by atoms with Crippen molar-refractivity contribution in [2.45, 2.75) is 24.5 Å². The molecule has 0 saturated carbocycles. The SMILES string of the molecule is COc1cccc2c1C(=O)c1c(O)c3c(c(O)c1C2=O)C[C@](O)(C(=O)CO)C[C@H]3O. The Morgan fingerprint density at radius 2 is 1.80 bits per heavy atom. The lowest BCUT2D eigenvalue weighted by Crippen LogP contribution is -2.47. The van der Waals surface area contributed by atoms with Crippen molar-refractivity contribution in [3.05, 3.63) is 51.6 Å². The average molecular weight is 414 g/mol. The van der Waals surface area contributed by atoms with Gasteiger partial charge in [-0.3, -0.25) is 14.4 Å². The number of hydrogen-bond donors (Lipinski definition) is 5. The summed E-state index contributed by atoms with van der Waals surface area (Å²) in [7, 11) is 1.32. The normalized spacial score (nSPS) is 22.2. The number of methoxy groups -OCH3 is 1. The van der Waals surface area contributed by atoms with Gasteiger partial charge in [0, 0.05) is 29.5 Å². The first-order valence-corrected chi connectivity index (χ1v) is 9.08. The number of ether oxygens (including phenoxy) is 1. The van der Waals surface area contributed by atoms with Crippen LogP contribution in [0.25, 0.3) is 0 Å². The van der Waals surface area contributed by atoms with E-state index in [9.17, 15) is 34.8 Å². The summed E-state index contributed by atoms with van der Waals surface area (Å²) >= 11 is 0. The second-order valence-corrected chi connectivity index (χ2v) is 7.39. The fourth-order valence-electron chi connectivity index (χ4n) is 4.30. The fourth-order valence-corrected chi connectivity index (χ4v) is 4.30. The van der Waals surface area contributed by atoms with Crippen LogP contribution in [0.4, 0.5) is 0 Å². The summed E-state index contributed by atoms with van der Waals surface area (Å²) in [5.41, 5.74) is -3.77. The van der Waals surface area contributed by atoms with Gasteiger partial charge in [0.1, 0.15) is 29.5 Å². The van der Waals surface area contributed by atoms with Gasteiger partial charge in [-0.15, -0.1) is 0 Å². The third-order valence-corrected chi connectivity index (χ3v) is 5.76. The summed E-state index contributed by atoms with van der Waals surface area (Å²) in [6.07, 6.45) is -2.75. The van der Waals surface area contributed by atoms with E-state index in [1.807, 2.05) is 0 Å². The van der Waals surface area contributed by atoms with Crippen molar-refractivity contribution in [3.63, 3.8) is 0 Å². The summed E-state index contributed by atoms with van der Waals surface area (Å²) in [4.78, 5) is 38.3. The van der Waals surface area contributed by atoms with Gasteiger partial charge in [-0.05, 0) is 6.07 Å². The molecular weight excluding hydrogens is 396 g/mol. The molecule has 9 heteroatoms. The Labute approximate surface area is 169 Å². The smallest absolute Gasteiger partial charge is 0.202 e. The van der Waals surface area contributed by atoms with E-state index in [0.717, 1.165) is 0 Å². The molecule has 2 aromatic carbocycles. The molecule has 0 unspecified atom stereocenters. The topological polar surface area (TPSA) is 162 Å². The summed E-state index contributed by atoms with van der Waals surface area (Å²) in [5.74, 6) is -3.83. The van der Waals surface area contributed by atoms with Crippen LogP contribution < -0.4 is 4.74 Å². The molecule has 5 N–H and O–H groups in total. The number of phenolic OH excluding ortho intramolecular Hbond substituents is 2. The quantitative estimate of drug-likeness (QED) is 0.376. The number of aromatic hydroxyl groups is 2. The lowest BCUT2D eigenvalue weighted by molar-refractivity contribution is -0.145. The maximum Gasteiger partial charge on any atom is 0.202 e. The molecule has 0 fully saturated rings. The van der Waals surface area contributed by atoms with E-state index in [0.29, 0.717) is 0 Å². The van der Waals surface area contributed by atoms with Crippen LogP contribution in [-0.2, 0) is 11.2 Å². The lowest BCUT2D eigenvalue weighted by atomic mass is 9.72. The molecule has 0 aliphatic heterocycles. The molecule has 0 heterocycles. The zero-order valence-corrected chi connectivity index (χ0v) is 15.8. The molecule has 30 heavy (non-hydrogen) atoms. The number of aliphatic hydroxyl groups is 3. The first-order chi connectivity index (χ1) is 14.2. The number of fused-ring (bicyclic) bond motifs is 3. The van der Waals surface area contributed by atoms with Crippen LogP contribution in [0.3, 0.4) is 0 Å². The molecule has 2 aromatic rings. The molecule has 0 amide bonds. The van der Waals surface area contributed by atoms with Crippen molar-refractivity contribution in [2.24, 2.45) is 0 Å². The molecule has 0 aromatic heterocycles. The molecule has 2 atom stereocenters. The van der Waals surface area contributed by atoms with Gasteiger partial charge in [0.2, 0.25) is 5.78 Å². The van der Waals surface area contributed by atoms with Crippen LogP contribution >= 0.6 is 0 Å². The number of carbonyl (C=O) groups excluding carboxylic acids is 3. The molecule has 0 radical (unpaired) electrons. The minimum Gasteiger partial charge on any atom is -0.507 e. The van der Waals surface area contributed by atoms with Gasteiger partial charge in [-0.2, -0.15) is 0 Å². The Hall–Kier alpha value is -3.27.